The van der Waals surface area contributed by atoms with E-state index < -0.39 is 11.5 Å². The van der Waals surface area contributed by atoms with Gasteiger partial charge in [0, 0.05) is 10.8 Å². The average molecular weight is 309 g/mol. The molecule has 0 spiro atoms. The van der Waals surface area contributed by atoms with Crippen molar-refractivity contribution in [1.82, 2.24) is 5.32 Å². The molecule has 2 N–H and O–H groups in total. The van der Waals surface area contributed by atoms with E-state index in [4.69, 9.17) is 0 Å². The molecule has 0 saturated heterocycles. The Hall–Kier alpha value is -1.00. The molecule has 21 heavy (non-hydrogen) atoms. The zero-order valence-electron chi connectivity index (χ0n) is 13.6. The topological polar surface area (TPSA) is 49.3 Å². The molecule has 3 nitrogen and oxygen atoms in total. The van der Waals surface area contributed by atoms with Crippen LogP contribution in [-0.4, -0.2) is 27.6 Å². The summed E-state index contributed by atoms with van der Waals surface area (Å²) < 4.78 is 0.138. The number of carbonyl (C=O) groups is 1. The van der Waals surface area contributed by atoms with Gasteiger partial charge in [-0.25, -0.2) is 4.79 Å². The molecule has 0 aliphatic heterocycles. The first kappa shape index (κ1) is 18.1. The zero-order chi connectivity index (χ0) is 16.1. The summed E-state index contributed by atoms with van der Waals surface area (Å²) in [6.07, 6.45) is 0.562. The minimum atomic E-state index is -1.02. The Kier molecular flexibility index (Phi) is 6.29. The highest BCUT2D eigenvalue weighted by molar-refractivity contribution is 8.00. The summed E-state index contributed by atoms with van der Waals surface area (Å²) in [5.74, 6) is -0.0124. The number of benzene rings is 1. The van der Waals surface area contributed by atoms with Crippen LogP contribution in [0, 0.1) is 0 Å². The van der Waals surface area contributed by atoms with E-state index in [-0.39, 0.29) is 10.8 Å². The molecule has 1 rings (SSSR count). The number of aliphatic carboxylic acids is 1. The van der Waals surface area contributed by atoms with Crippen molar-refractivity contribution >= 4 is 17.7 Å². The summed E-state index contributed by atoms with van der Waals surface area (Å²) in [6, 6.07) is 9.59. The third-order valence-electron chi connectivity index (χ3n) is 3.18. The molecular formula is C17H27NO2S. The van der Waals surface area contributed by atoms with Crippen LogP contribution in [0.4, 0.5) is 0 Å². The van der Waals surface area contributed by atoms with Gasteiger partial charge in [0.15, 0.2) is 0 Å². The van der Waals surface area contributed by atoms with Gasteiger partial charge in [-0.1, -0.05) is 51.1 Å². The maximum Gasteiger partial charge on any atom is 0.328 e. The second kappa shape index (κ2) is 7.32. The van der Waals surface area contributed by atoms with Crippen LogP contribution in [-0.2, 0) is 10.3 Å². The molecule has 4 heteroatoms. The number of hydrogen-bond acceptors (Lipinski definition) is 3. The number of hydrogen-bond donors (Lipinski definition) is 2. The Balaban J connectivity index is 3.05. The van der Waals surface area contributed by atoms with Gasteiger partial charge in [0.1, 0.15) is 5.54 Å². The predicted molar refractivity (Wildman–Crippen MR) is 90.9 cm³/mol. The van der Waals surface area contributed by atoms with Crippen LogP contribution in [0.2, 0.25) is 0 Å². The lowest BCUT2D eigenvalue weighted by Crippen LogP contribution is -2.52. The Morgan fingerprint density at radius 3 is 2.24 bits per heavy atom. The van der Waals surface area contributed by atoms with E-state index in [1.54, 1.807) is 11.8 Å². The fourth-order valence-corrected chi connectivity index (χ4v) is 3.34. The molecule has 0 fully saturated rings. The van der Waals surface area contributed by atoms with Crippen molar-refractivity contribution in [2.45, 2.75) is 57.4 Å². The van der Waals surface area contributed by atoms with E-state index in [2.05, 4.69) is 26.1 Å². The number of rotatable bonds is 7. The van der Waals surface area contributed by atoms with Gasteiger partial charge in [-0.15, -0.1) is 0 Å². The number of thioether (sulfide) groups is 1. The maximum atomic E-state index is 12.0. The normalized spacial score (nSPS) is 15.0. The Bertz CT molecular complexity index is 454. The van der Waals surface area contributed by atoms with Crippen LogP contribution in [0.1, 0.15) is 46.6 Å². The molecule has 1 atom stereocenters. The lowest BCUT2D eigenvalue weighted by molar-refractivity contribution is -0.146. The van der Waals surface area contributed by atoms with Gasteiger partial charge in [0.25, 0.3) is 0 Å². The molecule has 0 heterocycles. The van der Waals surface area contributed by atoms with Crippen LogP contribution >= 0.6 is 11.8 Å². The SMILES string of the molecule is CC(C)NC(CCSC(C)(C)C)(C(=O)O)c1ccccc1. The van der Waals surface area contributed by atoms with Crippen LogP contribution in [0.25, 0.3) is 0 Å². The Morgan fingerprint density at radius 2 is 1.81 bits per heavy atom. The number of carboxylic acids is 1. The van der Waals surface area contributed by atoms with E-state index in [0.29, 0.717) is 6.42 Å². The Morgan fingerprint density at radius 1 is 1.24 bits per heavy atom. The monoisotopic (exact) mass is 309 g/mol. The molecule has 1 aromatic carbocycles. The third kappa shape index (κ3) is 5.36. The van der Waals surface area contributed by atoms with Crippen LogP contribution in [0.15, 0.2) is 30.3 Å². The van der Waals surface area contributed by atoms with Gasteiger partial charge < -0.3 is 5.11 Å². The van der Waals surface area contributed by atoms with E-state index >= 15 is 0 Å². The molecule has 0 radical (unpaired) electrons. The first-order valence-corrected chi connectivity index (χ1v) is 8.36. The van der Waals surface area contributed by atoms with Crippen molar-refractivity contribution in [3.63, 3.8) is 0 Å². The molecule has 0 aliphatic carbocycles. The van der Waals surface area contributed by atoms with Gasteiger partial charge in [-0.05, 0) is 31.6 Å². The van der Waals surface area contributed by atoms with Crippen molar-refractivity contribution in [2.75, 3.05) is 5.75 Å². The van der Waals surface area contributed by atoms with E-state index in [9.17, 15) is 9.90 Å². The van der Waals surface area contributed by atoms with Crippen molar-refractivity contribution in [3.8, 4) is 0 Å². The molecular weight excluding hydrogens is 282 g/mol. The maximum absolute atomic E-state index is 12.0. The summed E-state index contributed by atoms with van der Waals surface area (Å²) in [7, 11) is 0. The molecule has 0 bridgehead atoms. The first-order valence-electron chi connectivity index (χ1n) is 7.38. The van der Waals surface area contributed by atoms with Crippen molar-refractivity contribution in [2.24, 2.45) is 0 Å². The quantitative estimate of drug-likeness (QED) is 0.802. The molecule has 118 valence electrons. The predicted octanol–water partition coefficient (Wildman–Crippen LogP) is 3.89. The highest BCUT2D eigenvalue weighted by Crippen LogP contribution is 2.32. The molecule has 0 aliphatic rings. The smallest absolute Gasteiger partial charge is 0.328 e. The zero-order valence-corrected chi connectivity index (χ0v) is 14.5. The summed E-state index contributed by atoms with van der Waals surface area (Å²) in [6.45, 7) is 10.4. The fourth-order valence-electron chi connectivity index (χ4n) is 2.32. The van der Waals surface area contributed by atoms with E-state index in [1.807, 2.05) is 44.2 Å². The lowest BCUT2D eigenvalue weighted by Gasteiger charge is -2.34. The second-order valence-electron chi connectivity index (χ2n) is 6.59. The highest BCUT2D eigenvalue weighted by atomic mass is 32.2. The largest absolute Gasteiger partial charge is 0.480 e. The average Bonchev–Trinajstić information content (AvgIpc) is 2.36. The van der Waals surface area contributed by atoms with Crippen molar-refractivity contribution in [3.05, 3.63) is 35.9 Å². The fraction of sp³-hybridized carbons (Fsp3) is 0.588. The molecule has 1 aromatic rings. The highest BCUT2D eigenvalue weighted by Gasteiger charge is 2.40. The standard InChI is InChI=1S/C17H27NO2S/c1-13(2)18-17(15(19)20,11-12-21-16(3,4)5)14-9-7-6-8-10-14/h6-10,13,18H,11-12H2,1-5H3,(H,19,20). The minimum Gasteiger partial charge on any atom is -0.480 e. The van der Waals surface area contributed by atoms with Gasteiger partial charge in [0.05, 0.1) is 0 Å². The third-order valence-corrected chi connectivity index (χ3v) is 4.45. The van der Waals surface area contributed by atoms with Gasteiger partial charge in [-0.3, -0.25) is 5.32 Å². The van der Waals surface area contributed by atoms with Gasteiger partial charge in [0.2, 0.25) is 0 Å². The van der Waals surface area contributed by atoms with E-state index in [0.717, 1.165) is 11.3 Å². The lowest BCUT2D eigenvalue weighted by atomic mass is 9.86. The van der Waals surface area contributed by atoms with Crippen molar-refractivity contribution < 1.29 is 9.90 Å². The second-order valence-corrected chi connectivity index (χ2v) is 8.51. The molecule has 0 aromatic heterocycles. The summed E-state index contributed by atoms with van der Waals surface area (Å²) >= 11 is 1.80. The van der Waals surface area contributed by atoms with Crippen LogP contribution in [0.5, 0.6) is 0 Å². The molecule has 1 unspecified atom stereocenters. The number of nitrogens with one attached hydrogen (secondary N) is 1. The van der Waals surface area contributed by atoms with Gasteiger partial charge in [-0.2, -0.15) is 11.8 Å². The van der Waals surface area contributed by atoms with Crippen molar-refractivity contribution in [1.29, 1.82) is 0 Å². The summed E-state index contributed by atoms with van der Waals surface area (Å²) in [5, 5.41) is 13.2. The van der Waals surface area contributed by atoms with Crippen LogP contribution in [0.3, 0.4) is 0 Å². The minimum absolute atomic E-state index is 0.0981. The summed E-state index contributed by atoms with van der Waals surface area (Å²) in [4.78, 5) is 12.0. The first-order chi connectivity index (χ1) is 9.67. The van der Waals surface area contributed by atoms with Gasteiger partial charge >= 0.3 is 5.97 Å². The van der Waals surface area contributed by atoms with Crippen LogP contribution < -0.4 is 5.32 Å². The Labute approximate surface area is 132 Å². The summed E-state index contributed by atoms with van der Waals surface area (Å²) in [5.41, 5.74) is -0.200. The molecule has 0 amide bonds. The number of carboxylic acid groups (broad SMARTS) is 1. The van der Waals surface area contributed by atoms with E-state index in [1.165, 1.54) is 0 Å². The molecule has 0 saturated carbocycles.